The number of aromatic nitrogens is 3. The minimum absolute atomic E-state index is 0.393. The topological polar surface area (TPSA) is 67.9 Å². The largest absolute Gasteiger partial charge is 0.497 e. The van der Waals surface area contributed by atoms with E-state index in [9.17, 15) is 4.21 Å². The van der Waals surface area contributed by atoms with Crippen LogP contribution in [0.5, 0.6) is 5.75 Å². The van der Waals surface area contributed by atoms with Crippen molar-refractivity contribution in [1.82, 2.24) is 15.0 Å². The maximum Gasteiger partial charge on any atom is 0.197 e. The van der Waals surface area contributed by atoms with Crippen molar-refractivity contribution >= 4 is 21.8 Å². The average molecular weight is 287 g/mol. The predicted octanol–water partition coefficient (Wildman–Crippen LogP) is 2.27. The lowest BCUT2D eigenvalue weighted by Crippen LogP contribution is -1.98. The number of methoxy groups -OCH3 is 1. The van der Waals surface area contributed by atoms with E-state index in [1.165, 1.54) is 0 Å². The number of H-pyrrole nitrogens is 1. The Hall–Kier alpha value is -2.21. The second-order valence-electron chi connectivity index (χ2n) is 4.28. The molecule has 0 bridgehead atoms. The SMILES string of the molecule is COc1cccc(C[S@](=O)c2nc3ccncc3[nH]2)c1. The molecule has 0 aliphatic carbocycles. The van der Waals surface area contributed by atoms with Gasteiger partial charge >= 0.3 is 0 Å². The Labute approximate surface area is 118 Å². The van der Waals surface area contributed by atoms with E-state index in [4.69, 9.17) is 4.74 Å². The molecule has 102 valence electrons. The van der Waals surface area contributed by atoms with Crippen LogP contribution in [0.1, 0.15) is 5.56 Å². The van der Waals surface area contributed by atoms with Crippen LogP contribution in [0.15, 0.2) is 47.9 Å². The van der Waals surface area contributed by atoms with E-state index in [-0.39, 0.29) is 0 Å². The van der Waals surface area contributed by atoms with E-state index in [2.05, 4.69) is 15.0 Å². The molecule has 0 aliphatic rings. The number of hydrogen-bond acceptors (Lipinski definition) is 4. The highest BCUT2D eigenvalue weighted by Crippen LogP contribution is 2.17. The fourth-order valence-corrected chi connectivity index (χ4v) is 2.97. The lowest BCUT2D eigenvalue weighted by molar-refractivity contribution is 0.414. The molecule has 0 amide bonds. The van der Waals surface area contributed by atoms with Crippen LogP contribution in [0.3, 0.4) is 0 Å². The molecular formula is C14H13N3O2S. The first-order chi connectivity index (χ1) is 9.76. The Bertz CT molecular complexity index is 737. The van der Waals surface area contributed by atoms with Gasteiger partial charge in [-0.15, -0.1) is 0 Å². The van der Waals surface area contributed by atoms with Crippen LogP contribution in [-0.4, -0.2) is 26.3 Å². The average Bonchev–Trinajstić information content (AvgIpc) is 2.91. The van der Waals surface area contributed by atoms with Gasteiger partial charge in [0.15, 0.2) is 5.16 Å². The van der Waals surface area contributed by atoms with E-state index in [1.807, 2.05) is 24.3 Å². The highest BCUT2D eigenvalue weighted by atomic mass is 32.2. The summed E-state index contributed by atoms with van der Waals surface area (Å²) < 4.78 is 17.5. The van der Waals surface area contributed by atoms with Crippen molar-refractivity contribution in [3.8, 4) is 5.75 Å². The van der Waals surface area contributed by atoms with Crippen molar-refractivity contribution in [2.24, 2.45) is 0 Å². The smallest absolute Gasteiger partial charge is 0.197 e. The van der Waals surface area contributed by atoms with Crippen molar-refractivity contribution in [3.63, 3.8) is 0 Å². The third-order valence-corrected chi connectivity index (χ3v) is 4.13. The molecule has 0 radical (unpaired) electrons. The summed E-state index contributed by atoms with van der Waals surface area (Å²) in [5.41, 5.74) is 2.51. The van der Waals surface area contributed by atoms with Crippen molar-refractivity contribution in [2.75, 3.05) is 7.11 Å². The molecule has 3 aromatic rings. The molecule has 0 fully saturated rings. The Morgan fingerprint density at radius 3 is 3.05 bits per heavy atom. The van der Waals surface area contributed by atoms with E-state index in [0.717, 1.165) is 22.3 Å². The molecule has 6 heteroatoms. The van der Waals surface area contributed by atoms with Gasteiger partial charge in [-0.1, -0.05) is 12.1 Å². The van der Waals surface area contributed by atoms with Gasteiger partial charge in [0.1, 0.15) is 5.75 Å². The van der Waals surface area contributed by atoms with Crippen LogP contribution in [0.2, 0.25) is 0 Å². The number of aromatic amines is 1. The first kappa shape index (κ1) is 12.8. The summed E-state index contributed by atoms with van der Waals surface area (Å²) in [5.74, 6) is 1.15. The molecule has 0 unspecified atom stereocenters. The van der Waals surface area contributed by atoms with Crippen molar-refractivity contribution < 1.29 is 8.95 Å². The second-order valence-corrected chi connectivity index (χ2v) is 5.64. The van der Waals surface area contributed by atoms with Gasteiger partial charge in [-0.3, -0.25) is 9.19 Å². The molecule has 1 atom stereocenters. The van der Waals surface area contributed by atoms with Gasteiger partial charge in [0.05, 0.1) is 40.9 Å². The standard InChI is InChI=1S/C14H13N3O2S/c1-19-11-4-2-3-10(7-11)9-20(18)14-16-12-5-6-15-8-13(12)17-14/h2-8H,9H2,1H3,(H,16,17)/t20-/m0/s1. The molecule has 0 aliphatic heterocycles. The number of ether oxygens (including phenoxy) is 1. The van der Waals surface area contributed by atoms with Crippen LogP contribution >= 0.6 is 0 Å². The monoisotopic (exact) mass is 287 g/mol. The zero-order chi connectivity index (χ0) is 13.9. The Morgan fingerprint density at radius 2 is 2.25 bits per heavy atom. The van der Waals surface area contributed by atoms with Crippen molar-refractivity contribution in [1.29, 1.82) is 0 Å². The first-order valence-corrected chi connectivity index (χ1v) is 7.39. The zero-order valence-corrected chi connectivity index (χ0v) is 11.7. The van der Waals surface area contributed by atoms with E-state index in [1.54, 1.807) is 25.6 Å². The third-order valence-electron chi connectivity index (χ3n) is 2.91. The van der Waals surface area contributed by atoms with Crippen molar-refractivity contribution in [2.45, 2.75) is 10.9 Å². The molecule has 20 heavy (non-hydrogen) atoms. The molecule has 1 N–H and O–H groups in total. The van der Waals surface area contributed by atoms with Gasteiger partial charge in [0.25, 0.3) is 0 Å². The summed E-state index contributed by atoms with van der Waals surface area (Å²) in [5, 5.41) is 0.468. The van der Waals surface area contributed by atoms with Crippen LogP contribution in [-0.2, 0) is 16.6 Å². The van der Waals surface area contributed by atoms with Gasteiger partial charge in [-0.25, -0.2) is 4.98 Å². The highest BCUT2D eigenvalue weighted by molar-refractivity contribution is 7.84. The third kappa shape index (κ3) is 2.55. The minimum atomic E-state index is -1.23. The summed E-state index contributed by atoms with van der Waals surface area (Å²) in [4.78, 5) is 11.4. The number of nitrogens with zero attached hydrogens (tertiary/aromatic N) is 2. The van der Waals surface area contributed by atoms with E-state index >= 15 is 0 Å². The number of fused-ring (bicyclic) bond motifs is 1. The van der Waals surface area contributed by atoms with Gasteiger partial charge in [0.2, 0.25) is 0 Å². The summed E-state index contributed by atoms with van der Waals surface area (Å²) >= 11 is 0. The molecule has 0 saturated carbocycles. The normalized spacial score (nSPS) is 12.4. The molecule has 2 aromatic heterocycles. The number of pyridine rings is 1. The fraction of sp³-hybridized carbons (Fsp3) is 0.143. The summed E-state index contributed by atoms with van der Waals surface area (Å²) in [6.45, 7) is 0. The maximum absolute atomic E-state index is 12.3. The summed E-state index contributed by atoms with van der Waals surface area (Å²) in [6, 6.07) is 9.33. The van der Waals surface area contributed by atoms with Crippen LogP contribution in [0, 0.1) is 0 Å². The van der Waals surface area contributed by atoms with Gasteiger partial charge in [0, 0.05) is 6.20 Å². The Morgan fingerprint density at radius 1 is 1.35 bits per heavy atom. The Balaban J connectivity index is 1.85. The number of nitrogens with one attached hydrogen (secondary N) is 1. The maximum atomic E-state index is 12.3. The second kappa shape index (κ2) is 5.42. The molecule has 3 rings (SSSR count). The van der Waals surface area contributed by atoms with E-state index in [0.29, 0.717) is 10.9 Å². The summed E-state index contributed by atoms with van der Waals surface area (Å²) in [6.07, 6.45) is 3.34. The highest BCUT2D eigenvalue weighted by Gasteiger charge is 2.11. The lowest BCUT2D eigenvalue weighted by Gasteiger charge is -2.03. The fourth-order valence-electron chi connectivity index (χ4n) is 1.92. The Kier molecular flexibility index (Phi) is 3.47. The predicted molar refractivity (Wildman–Crippen MR) is 77.0 cm³/mol. The molecule has 1 aromatic carbocycles. The van der Waals surface area contributed by atoms with Gasteiger partial charge < -0.3 is 9.72 Å². The first-order valence-electron chi connectivity index (χ1n) is 6.07. The van der Waals surface area contributed by atoms with Crippen molar-refractivity contribution in [3.05, 3.63) is 48.3 Å². The molecule has 5 nitrogen and oxygen atoms in total. The molecule has 0 saturated heterocycles. The lowest BCUT2D eigenvalue weighted by atomic mass is 10.2. The molecule has 2 heterocycles. The number of benzene rings is 1. The number of hydrogen-bond donors (Lipinski definition) is 1. The zero-order valence-electron chi connectivity index (χ0n) is 10.9. The minimum Gasteiger partial charge on any atom is -0.497 e. The van der Waals surface area contributed by atoms with Gasteiger partial charge in [-0.2, -0.15) is 0 Å². The summed E-state index contributed by atoms with van der Waals surface area (Å²) in [7, 11) is 0.386. The molecular weight excluding hydrogens is 274 g/mol. The molecule has 0 spiro atoms. The number of imidazole rings is 1. The number of rotatable bonds is 4. The van der Waals surface area contributed by atoms with Crippen LogP contribution in [0.4, 0.5) is 0 Å². The van der Waals surface area contributed by atoms with Crippen LogP contribution < -0.4 is 4.74 Å². The quantitative estimate of drug-likeness (QED) is 0.799. The van der Waals surface area contributed by atoms with Gasteiger partial charge in [-0.05, 0) is 23.8 Å². The van der Waals surface area contributed by atoms with E-state index < -0.39 is 10.8 Å². The van der Waals surface area contributed by atoms with Crippen LogP contribution in [0.25, 0.3) is 11.0 Å².